The van der Waals surface area contributed by atoms with Crippen molar-refractivity contribution in [2.45, 2.75) is 19.5 Å². The number of aromatic carboxylic acids is 1. The van der Waals surface area contributed by atoms with Crippen LogP contribution in [0.4, 0.5) is 0 Å². The van der Waals surface area contributed by atoms with E-state index in [1.54, 1.807) is 6.92 Å². The lowest BCUT2D eigenvalue weighted by Crippen LogP contribution is -2.37. The van der Waals surface area contributed by atoms with E-state index in [1.807, 2.05) is 0 Å². The Morgan fingerprint density at radius 2 is 2.31 bits per heavy atom. The molecule has 16 heavy (non-hydrogen) atoms. The van der Waals surface area contributed by atoms with Crippen LogP contribution in [0.15, 0.2) is 18.3 Å². The molecule has 0 bridgehead atoms. The summed E-state index contributed by atoms with van der Waals surface area (Å²) in [5.41, 5.74) is 5.97. The molecule has 0 saturated carbocycles. The molecule has 1 rings (SSSR count). The maximum atomic E-state index is 11.2. The Labute approximate surface area is 92.5 Å². The van der Waals surface area contributed by atoms with Gasteiger partial charge in [0.1, 0.15) is 0 Å². The van der Waals surface area contributed by atoms with Crippen molar-refractivity contribution >= 4 is 11.9 Å². The van der Waals surface area contributed by atoms with Gasteiger partial charge in [-0.15, -0.1) is 0 Å². The van der Waals surface area contributed by atoms with E-state index in [4.69, 9.17) is 10.8 Å². The maximum absolute atomic E-state index is 11.2. The van der Waals surface area contributed by atoms with Crippen LogP contribution in [0.5, 0.6) is 0 Å². The van der Waals surface area contributed by atoms with Gasteiger partial charge in [0.05, 0.1) is 23.8 Å². The number of nitrogens with one attached hydrogen (secondary N) is 1. The highest BCUT2D eigenvalue weighted by molar-refractivity contribution is 5.87. The van der Waals surface area contributed by atoms with Crippen molar-refractivity contribution in [3.63, 3.8) is 0 Å². The first-order valence-electron chi connectivity index (χ1n) is 4.72. The third kappa shape index (κ3) is 3.32. The Hall–Kier alpha value is -1.95. The van der Waals surface area contributed by atoms with Crippen LogP contribution in [0.1, 0.15) is 23.0 Å². The maximum Gasteiger partial charge on any atom is 0.335 e. The Kier molecular flexibility index (Phi) is 3.96. The molecule has 6 nitrogen and oxygen atoms in total. The van der Waals surface area contributed by atoms with E-state index in [-0.39, 0.29) is 18.0 Å². The molecule has 0 spiro atoms. The van der Waals surface area contributed by atoms with Crippen LogP contribution in [-0.4, -0.2) is 28.0 Å². The minimum absolute atomic E-state index is 0.139. The Bertz CT molecular complexity index is 404. The number of hydrogen-bond donors (Lipinski definition) is 3. The summed E-state index contributed by atoms with van der Waals surface area (Å²) in [5, 5.41) is 11.3. The summed E-state index contributed by atoms with van der Waals surface area (Å²) >= 11 is 0. The van der Waals surface area contributed by atoms with Crippen LogP contribution in [0, 0.1) is 0 Å². The monoisotopic (exact) mass is 223 g/mol. The van der Waals surface area contributed by atoms with Crippen LogP contribution >= 0.6 is 0 Å². The normalized spacial score (nSPS) is 11.9. The number of amides is 1. The fourth-order valence-electron chi connectivity index (χ4n) is 1.05. The van der Waals surface area contributed by atoms with Crippen LogP contribution in [0.25, 0.3) is 0 Å². The Balaban J connectivity index is 2.64. The van der Waals surface area contributed by atoms with Crippen LogP contribution in [0.3, 0.4) is 0 Å². The summed E-state index contributed by atoms with van der Waals surface area (Å²) in [5.74, 6) is -1.33. The van der Waals surface area contributed by atoms with Crippen LogP contribution in [-0.2, 0) is 11.3 Å². The van der Waals surface area contributed by atoms with Gasteiger partial charge in [0.25, 0.3) is 0 Å². The molecule has 0 aliphatic rings. The zero-order valence-corrected chi connectivity index (χ0v) is 8.80. The largest absolute Gasteiger partial charge is 0.478 e. The number of carbonyl (C=O) groups is 2. The highest BCUT2D eigenvalue weighted by Gasteiger charge is 2.08. The van der Waals surface area contributed by atoms with E-state index in [2.05, 4.69) is 10.3 Å². The molecule has 1 amide bonds. The second-order valence-electron chi connectivity index (χ2n) is 3.35. The molecule has 0 aliphatic carbocycles. The number of pyridine rings is 1. The highest BCUT2D eigenvalue weighted by Crippen LogP contribution is 2.01. The molecule has 86 valence electrons. The number of carboxylic acid groups (broad SMARTS) is 1. The van der Waals surface area contributed by atoms with Gasteiger partial charge >= 0.3 is 5.97 Å². The van der Waals surface area contributed by atoms with Crippen LogP contribution in [0.2, 0.25) is 0 Å². The first kappa shape index (κ1) is 12.1. The quantitative estimate of drug-likeness (QED) is 0.652. The van der Waals surface area contributed by atoms with Gasteiger partial charge in [-0.2, -0.15) is 0 Å². The fourth-order valence-corrected chi connectivity index (χ4v) is 1.05. The van der Waals surface area contributed by atoms with E-state index in [0.29, 0.717) is 5.69 Å². The molecule has 1 atom stereocenters. The van der Waals surface area contributed by atoms with Crippen molar-refractivity contribution in [3.8, 4) is 0 Å². The van der Waals surface area contributed by atoms with Gasteiger partial charge in [-0.1, -0.05) is 0 Å². The van der Waals surface area contributed by atoms with Gasteiger partial charge in [-0.25, -0.2) is 4.79 Å². The Morgan fingerprint density at radius 3 is 2.88 bits per heavy atom. The number of nitrogens with two attached hydrogens (primary N) is 1. The SMILES string of the molecule is C[C@H](N)C(=O)NCc1cc(C(=O)O)ccn1. The average Bonchev–Trinajstić information content (AvgIpc) is 2.26. The number of carbonyl (C=O) groups excluding carboxylic acids is 1. The first-order chi connectivity index (χ1) is 7.50. The predicted molar refractivity (Wildman–Crippen MR) is 56.7 cm³/mol. The van der Waals surface area contributed by atoms with Gasteiger partial charge in [-0.3, -0.25) is 9.78 Å². The topological polar surface area (TPSA) is 105 Å². The second-order valence-corrected chi connectivity index (χ2v) is 3.35. The molecule has 0 unspecified atom stereocenters. The van der Waals surface area contributed by atoms with Crippen molar-refractivity contribution in [1.82, 2.24) is 10.3 Å². The molecular weight excluding hydrogens is 210 g/mol. The van der Waals surface area contributed by atoms with E-state index < -0.39 is 12.0 Å². The summed E-state index contributed by atoms with van der Waals surface area (Å²) in [7, 11) is 0. The van der Waals surface area contributed by atoms with Gasteiger partial charge in [0, 0.05) is 6.20 Å². The van der Waals surface area contributed by atoms with E-state index in [9.17, 15) is 9.59 Å². The molecule has 0 aliphatic heterocycles. The molecular formula is C10H13N3O3. The lowest BCUT2D eigenvalue weighted by molar-refractivity contribution is -0.122. The third-order valence-corrected chi connectivity index (χ3v) is 1.92. The number of carboxylic acids is 1. The number of nitrogens with zero attached hydrogens (tertiary/aromatic N) is 1. The lowest BCUT2D eigenvalue weighted by atomic mass is 10.2. The smallest absolute Gasteiger partial charge is 0.335 e. The molecule has 0 aromatic carbocycles. The molecule has 1 aromatic rings. The highest BCUT2D eigenvalue weighted by atomic mass is 16.4. The fraction of sp³-hybridized carbons (Fsp3) is 0.300. The summed E-state index contributed by atoms with van der Waals surface area (Å²) in [4.78, 5) is 25.8. The van der Waals surface area contributed by atoms with Crippen molar-refractivity contribution in [2.24, 2.45) is 5.73 Å². The minimum atomic E-state index is -1.03. The molecule has 1 heterocycles. The summed E-state index contributed by atoms with van der Waals surface area (Å²) in [6.07, 6.45) is 1.39. The van der Waals surface area contributed by atoms with E-state index >= 15 is 0 Å². The zero-order chi connectivity index (χ0) is 12.1. The van der Waals surface area contributed by atoms with Crippen molar-refractivity contribution in [3.05, 3.63) is 29.6 Å². The summed E-state index contributed by atoms with van der Waals surface area (Å²) in [6, 6.07) is 2.20. The number of aromatic nitrogens is 1. The van der Waals surface area contributed by atoms with Gasteiger partial charge in [0.2, 0.25) is 5.91 Å². The molecule has 4 N–H and O–H groups in total. The summed E-state index contributed by atoms with van der Waals surface area (Å²) in [6.45, 7) is 1.73. The predicted octanol–water partition coefficient (Wildman–Crippen LogP) is -0.257. The standard InChI is InChI=1S/C10H13N3O3/c1-6(11)9(14)13-5-8-4-7(10(15)16)2-3-12-8/h2-4,6H,5,11H2,1H3,(H,13,14)(H,15,16)/t6-/m0/s1. The Morgan fingerprint density at radius 1 is 1.62 bits per heavy atom. The van der Waals surface area contributed by atoms with Gasteiger partial charge in [-0.05, 0) is 19.1 Å². The number of rotatable bonds is 4. The molecule has 0 saturated heterocycles. The van der Waals surface area contributed by atoms with Gasteiger partial charge in [0.15, 0.2) is 0 Å². The average molecular weight is 223 g/mol. The van der Waals surface area contributed by atoms with Crippen LogP contribution < -0.4 is 11.1 Å². The van der Waals surface area contributed by atoms with E-state index in [1.165, 1.54) is 18.3 Å². The molecule has 0 fully saturated rings. The molecule has 6 heteroatoms. The van der Waals surface area contributed by atoms with Crippen molar-refractivity contribution < 1.29 is 14.7 Å². The van der Waals surface area contributed by atoms with E-state index in [0.717, 1.165) is 0 Å². The third-order valence-electron chi connectivity index (χ3n) is 1.92. The molecule has 1 aromatic heterocycles. The van der Waals surface area contributed by atoms with Crippen molar-refractivity contribution in [1.29, 1.82) is 0 Å². The van der Waals surface area contributed by atoms with Crippen molar-refractivity contribution in [2.75, 3.05) is 0 Å². The number of hydrogen-bond acceptors (Lipinski definition) is 4. The van der Waals surface area contributed by atoms with Gasteiger partial charge < -0.3 is 16.2 Å². The molecule has 0 radical (unpaired) electrons. The lowest BCUT2D eigenvalue weighted by Gasteiger charge is -2.07. The first-order valence-corrected chi connectivity index (χ1v) is 4.72. The second kappa shape index (κ2) is 5.22. The zero-order valence-electron chi connectivity index (χ0n) is 8.80. The minimum Gasteiger partial charge on any atom is -0.478 e. The summed E-state index contributed by atoms with van der Waals surface area (Å²) < 4.78 is 0.